The molecule has 0 aliphatic rings. The second kappa shape index (κ2) is 5.91. The lowest BCUT2D eigenvalue weighted by Crippen LogP contribution is -2.17. The van der Waals surface area contributed by atoms with Gasteiger partial charge in [-0.15, -0.1) is 0 Å². The van der Waals surface area contributed by atoms with Crippen LogP contribution in [0, 0.1) is 6.92 Å². The number of nitrogens with one attached hydrogen (secondary N) is 1. The van der Waals surface area contributed by atoms with E-state index >= 15 is 0 Å². The fourth-order valence-electron chi connectivity index (χ4n) is 1.44. The lowest BCUT2D eigenvalue weighted by atomic mass is 10.2. The summed E-state index contributed by atoms with van der Waals surface area (Å²) in [5.74, 6) is 0.213. The van der Waals surface area contributed by atoms with Crippen molar-refractivity contribution in [3.8, 4) is 0 Å². The van der Waals surface area contributed by atoms with Crippen molar-refractivity contribution in [3.63, 3.8) is 0 Å². The number of furan rings is 1. The highest BCUT2D eigenvalue weighted by atomic mass is 35.5. The number of nitrogens with zero attached hydrogens (tertiary/aromatic N) is 1. The zero-order valence-corrected chi connectivity index (χ0v) is 11.5. The second-order valence-electron chi connectivity index (χ2n) is 3.76. The van der Waals surface area contributed by atoms with Gasteiger partial charge in [0.2, 0.25) is 0 Å². The van der Waals surface area contributed by atoms with Gasteiger partial charge in [0.1, 0.15) is 5.76 Å². The average Bonchev–Trinajstić information content (AvgIpc) is 2.80. The lowest BCUT2D eigenvalue weighted by Gasteiger charge is -1.99. The zero-order valence-electron chi connectivity index (χ0n) is 9.98. The number of hydrazone groups is 1. The van der Waals surface area contributed by atoms with Gasteiger partial charge in [0.15, 0.2) is 0 Å². The van der Waals surface area contributed by atoms with Gasteiger partial charge in [0.25, 0.3) is 5.91 Å². The molecule has 0 aliphatic carbocycles. The van der Waals surface area contributed by atoms with Crippen LogP contribution in [-0.2, 0) is 0 Å². The van der Waals surface area contributed by atoms with Gasteiger partial charge >= 0.3 is 0 Å². The van der Waals surface area contributed by atoms with Gasteiger partial charge in [-0.2, -0.15) is 5.10 Å². The first-order chi connectivity index (χ1) is 9.08. The summed E-state index contributed by atoms with van der Waals surface area (Å²) in [5.41, 5.74) is 3.59. The number of halogens is 2. The van der Waals surface area contributed by atoms with Crippen molar-refractivity contribution in [1.82, 2.24) is 5.43 Å². The molecule has 2 aromatic rings. The maximum Gasteiger partial charge on any atom is 0.274 e. The molecule has 98 valence electrons. The Kier molecular flexibility index (Phi) is 4.24. The highest BCUT2D eigenvalue weighted by molar-refractivity contribution is 6.42. The van der Waals surface area contributed by atoms with Crippen molar-refractivity contribution in [1.29, 1.82) is 0 Å². The number of rotatable bonds is 3. The molecule has 1 amide bonds. The number of carbonyl (C=O) groups is 1. The van der Waals surface area contributed by atoms with Gasteiger partial charge in [-0.3, -0.25) is 4.79 Å². The summed E-state index contributed by atoms with van der Waals surface area (Å²) < 4.78 is 5.03. The van der Waals surface area contributed by atoms with Crippen LogP contribution in [0.1, 0.15) is 21.7 Å². The molecule has 0 atom stereocenters. The Morgan fingerprint density at radius 3 is 2.74 bits per heavy atom. The second-order valence-corrected chi connectivity index (χ2v) is 4.58. The maximum atomic E-state index is 11.7. The van der Waals surface area contributed by atoms with Crippen LogP contribution in [0.3, 0.4) is 0 Å². The van der Waals surface area contributed by atoms with Crippen molar-refractivity contribution >= 4 is 35.3 Å². The first-order valence-electron chi connectivity index (χ1n) is 5.40. The molecule has 0 unspecified atom stereocenters. The molecule has 2 rings (SSSR count). The molecule has 0 saturated heterocycles. The summed E-state index contributed by atoms with van der Waals surface area (Å²) in [6.45, 7) is 1.71. The first-order valence-corrected chi connectivity index (χ1v) is 6.16. The SMILES string of the molecule is Cc1occc1C(=O)N/N=C/c1ccc(Cl)c(Cl)c1. The first kappa shape index (κ1) is 13.6. The molecule has 1 aromatic carbocycles. The molecule has 0 bridgehead atoms. The van der Waals surface area contributed by atoms with Gasteiger partial charge in [-0.25, -0.2) is 5.43 Å². The Hall–Kier alpha value is -1.78. The van der Waals surface area contributed by atoms with Crippen molar-refractivity contribution < 1.29 is 9.21 Å². The van der Waals surface area contributed by atoms with Crippen LogP contribution in [0.25, 0.3) is 0 Å². The van der Waals surface area contributed by atoms with Crippen LogP contribution in [0.5, 0.6) is 0 Å². The summed E-state index contributed by atoms with van der Waals surface area (Å²) in [7, 11) is 0. The Bertz CT molecular complexity index is 635. The molecule has 0 radical (unpaired) electrons. The third-order valence-electron chi connectivity index (χ3n) is 2.43. The average molecular weight is 297 g/mol. The highest BCUT2D eigenvalue weighted by Crippen LogP contribution is 2.21. The third kappa shape index (κ3) is 3.36. The largest absolute Gasteiger partial charge is 0.469 e. The molecule has 4 nitrogen and oxygen atoms in total. The van der Waals surface area contributed by atoms with Crippen LogP contribution in [0.15, 0.2) is 40.0 Å². The predicted octanol–water partition coefficient (Wildman–Crippen LogP) is 3.66. The van der Waals surface area contributed by atoms with Gasteiger partial charge in [0, 0.05) is 0 Å². The van der Waals surface area contributed by atoms with Crippen molar-refractivity contribution in [3.05, 3.63) is 57.5 Å². The van der Waals surface area contributed by atoms with E-state index in [1.54, 1.807) is 31.2 Å². The van der Waals surface area contributed by atoms with Crippen LogP contribution in [0.2, 0.25) is 10.0 Å². The number of amides is 1. The van der Waals surface area contributed by atoms with E-state index in [1.807, 2.05) is 0 Å². The molecule has 0 spiro atoms. The minimum absolute atomic E-state index is 0.331. The number of hydrogen-bond donors (Lipinski definition) is 1. The van der Waals surface area contributed by atoms with Crippen LogP contribution in [0.4, 0.5) is 0 Å². The van der Waals surface area contributed by atoms with Crippen molar-refractivity contribution in [2.75, 3.05) is 0 Å². The van der Waals surface area contributed by atoms with E-state index < -0.39 is 0 Å². The molecule has 1 aromatic heterocycles. The fraction of sp³-hybridized carbons (Fsp3) is 0.0769. The highest BCUT2D eigenvalue weighted by Gasteiger charge is 2.09. The molecule has 6 heteroatoms. The molecular weight excluding hydrogens is 287 g/mol. The summed E-state index contributed by atoms with van der Waals surface area (Å²) in [6.07, 6.45) is 2.93. The number of carbonyl (C=O) groups excluding carboxylic acids is 1. The molecule has 0 fully saturated rings. The molecule has 0 saturated carbocycles. The quantitative estimate of drug-likeness (QED) is 0.694. The van der Waals surface area contributed by atoms with E-state index in [2.05, 4.69) is 10.5 Å². The third-order valence-corrected chi connectivity index (χ3v) is 3.17. The number of aryl methyl sites for hydroxylation is 1. The summed E-state index contributed by atoms with van der Waals surface area (Å²) in [5, 5.41) is 4.74. The fourth-order valence-corrected chi connectivity index (χ4v) is 1.75. The normalized spacial score (nSPS) is 10.9. The lowest BCUT2D eigenvalue weighted by molar-refractivity contribution is 0.0953. The van der Waals surface area contributed by atoms with Crippen molar-refractivity contribution in [2.45, 2.75) is 6.92 Å². The Morgan fingerprint density at radius 2 is 2.11 bits per heavy atom. The van der Waals surface area contributed by atoms with Gasteiger partial charge in [-0.1, -0.05) is 29.3 Å². The summed E-state index contributed by atoms with van der Waals surface area (Å²) in [4.78, 5) is 11.7. The number of benzene rings is 1. The molecular formula is C13H10Cl2N2O2. The number of hydrogen-bond acceptors (Lipinski definition) is 3. The molecule has 19 heavy (non-hydrogen) atoms. The minimum atomic E-state index is -0.331. The van der Waals surface area contributed by atoms with Gasteiger partial charge in [-0.05, 0) is 30.7 Å². The van der Waals surface area contributed by atoms with E-state index in [9.17, 15) is 4.79 Å². The Morgan fingerprint density at radius 1 is 1.32 bits per heavy atom. The topological polar surface area (TPSA) is 54.6 Å². The smallest absolute Gasteiger partial charge is 0.274 e. The molecule has 0 aliphatic heterocycles. The summed E-state index contributed by atoms with van der Waals surface area (Å²) >= 11 is 11.7. The summed E-state index contributed by atoms with van der Waals surface area (Å²) in [6, 6.07) is 6.64. The maximum absolute atomic E-state index is 11.7. The molecule has 1 heterocycles. The Balaban J connectivity index is 2.02. The van der Waals surface area contributed by atoms with Gasteiger partial charge in [0.05, 0.1) is 28.1 Å². The van der Waals surface area contributed by atoms with Crippen LogP contribution < -0.4 is 5.43 Å². The van der Waals surface area contributed by atoms with E-state index in [4.69, 9.17) is 27.6 Å². The van der Waals surface area contributed by atoms with Gasteiger partial charge < -0.3 is 4.42 Å². The monoisotopic (exact) mass is 296 g/mol. The van der Waals surface area contributed by atoms with E-state index in [0.29, 0.717) is 21.4 Å². The van der Waals surface area contributed by atoms with Crippen LogP contribution >= 0.6 is 23.2 Å². The van der Waals surface area contributed by atoms with Crippen LogP contribution in [-0.4, -0.2) is 12.1 Å². The predicted molar refractivity (Wildman–Crippen MR) is 75.0 cm³/mol. The molecule has 1 N–H and O–H groups in total. The van der Waals surface area contributed by atoms with E-state index in [1.165, 1.54) is 12.5 Å². The minimum Gasteiger partial charge on any atom is -0.469 e. The van der Waals surface area contributed by atoms with E-state index in [-0.39, 0.29) is 5.91 Å². The zero-order chi connectivity index (χ0) is 13.8. The standard InChI is InChI=1S/C13H10Cl2N2O2/c1-8-10(4-5-19-8)13(18)17-16-7-9-2-3-11(14)12(15)6-9/h2-7H,1H3,(H,17,18)/b16-7+. The van der Waals surface area contributed by atoms with E-state index in [0.717, 1.165) is 5.56 Å². The van der Waals surface area contributed by atoms with Crippen molar-refractivity contribution in [2.24, 2.45) is 5.10 Å². The Labute approximate surface area is 120 Å².